The Bertz CT molecular complexity index is 948. The van der Waals surface area contributed by atoms with Gasteiger partial charge in [-0.2, -0.15) is 5.10 Å². The van der Waals surface area contributed by atoms with Crippen LogP contribution in [-0.2, 0) is 20.0 Å². The van der Waals surface area contributed by atoms with Crippen molar-refractivity contribution in [3.63, 3.8) is 0 Å². The van der Waals surface area contributed by atoms with Gasteiger partial charge in [0, 0.05) is 49.1 Å². The Labute approximate surface area is 142 Å². The largest absolute Gasteiger partial charge is 0.343 e. The Morgan fingerprint density at radius 1 is 1.25 bits per heavy atom. The number of benzene rings is 1. The predicted molar refractivity (Wildman–Crippen MR) is 91.7 cm³/mol. The van der Waals surface area contributed by atoms with Crippen molar-refractivity contribution in [2.24, 2.45) is 7.05 Å². The van der Waals surface area contributed by atoms with Gasteiger partial charge >= 0.3 is 0 Å². The van der Waals surface area contributed by atoms with Crippen LogP contribution in [0.1, 0.15) is 11.3 Å². The molecule has 0 saturated carbocycles. The third kappa shape index (κ3) is 2.71. The van der Waals surface area contributed by atoms with E-state index >= 15 is 0 Å². The Kier molecular flexibility index (Phi) is 3.65. The van der Waals surface area contributed by atoms with Gasteiger partial charge in [0.05, 0.1) is 11.4 Å². The Morgan fingerprint density at radius 3 is 2.83 bits per heavy atom. The highest BCUT2D eigenvalue weighted by molar-refractivity contribution is 7.14. The fourth-order valence-corrected chi connectivity index (χ4v) is 3.68. The van der Waals surface area contributed by atoms with E-state index in [0.29, 0.717) is 6.54 Å². The van der Waals surface area contributed by atoms with Crippen molar-refractivity contribution in [1.29, 1.82) is 0 Å². The van der Waals surface area contributed by atoms with Gasteiger partial charge in [-0.1, -0.05) is 0 Å². The number of rotatable bonds is 2. The normalized spacial score (nSPS) is 13.8. The van der Waals surface area contributed by atoms with Crippen LogP contribution in [0.15, 0.2) is 40.5 Å². The fourth-order valence-electron chi connectivity index (χ4n) is 2.82. The molecule has 7 heteroatoms. The molecule has 1 aliphatic heterocycles. The van der Waals surface area contributed by atoms with Crippen LogP contribution in [0.25, 0.3) is 11.3 Å². The van der Waals surface area contributed by atoms with E-state index in [-0.39, 0.29) is 11.4 Å². The van der Waals surface area contributed by atoms with Crippen molar-refractivity contribution < 1.29 is 4.39 Å². The Balaban J connectivity index is 1.60. The first kappa shape index (κ1) is 15.0. The van der Waals surface area contributed by atoms with Crippen LogP contribution in [-0.4, -0.2) is 21.3 Å². The Hall–Kier alpha value is -2.54. The van der Waals surface area contributed by atoms with Crippen molar-refractivity contribution in [1.82, 2.24) is 14.8 Å². The molecule has 0 amide bonds. The molecule has 1 aliphatic rings. The third-order valence-electron chi connectivity index (χ3n) is 4.14. The number of nitrogens with zero attached hydrogens (tertiary/aromatic N) is 4. The summed E-state index contributed by atoms with van der Waals surface area (Å²) in [6, 6.07) is 7.99. The molecule has 0 radical (unpaired) electrons. The van der Waals surface area contributed by atoms with Gasteiger partial charge in [-0.3, -0.25) is 4.79 Å². The number of hydrogen-bond donors (Lipinski definition) is 0. The van der Waals surface area contributed by atoms with Crippen LogP contribution in [0.4, 0.5) is 9.52 Å². The SMILES string of the molecule is Cn1nc2c(cc1=O)CN(c1nc(-c3ccc(F)cc3)cs1)CC2. The van der Waals surface area contributed by atoms with Gasteiger partial charge < -0.3 is 4.90 Å². The van der Waals surface area contributed by atoms with E-state index in [9.17, 15) is 9.18 Å². The average molecular weight is 342 g/mol. The van der Waals surface area contributed by atoms with Crippen molar-refractivity contribution in [3.05, 3.63) is 63.1 Å². The van der Waals surface area contributed by atoms with Crippen LogP contribution < -0.4 is 10.5 Å². The molecule has 0 fully saturated rings. The maximum atomic E-state index is 13.0. The van der Waals surface area contributed by atoms with E-state index < -0.39 is 0 Å². The van der Waals surface area contributed by atoms with E-state index in [1.807, 2.05) is 5.38 Å². The molecule has 0 saturated heterocycles. The van der Waals surface area contributed by atoms with E-state index in [1.54, 1.807) is 36.6 Å². The summed E-state index contributed by atoms with van der Waals surface area (Å²) in [5.41, 5.74) is 3.57. The molecule has 3 aromatic rings. The molecule has 0 aliphatic carbocycles. The molecule has 2 aromatic heterocycles. The van der Waals surface area contributed by atoms with Crippen LogP contribution in [0, 0.1) is 5.82 Å². The molecule has 4 rings (SSSR count). The van der Waals surface area contributed by atoms with E-state index in [0.717, 1.165) is 40.6 Å². The zero-order chi connectivity index (χ0) is 16.7. The van der Waals surface area contributed by atoms with Gasteiger partial charge in [0.15, 0.2) is 5.13 Å². The maximum Gasteiger partial charge on any atom is 0.266 e. The molecule has 0 bridgehead atoms. The van der Waals surface area contributed by atoms with Crippen LogP contribution >= 0.6 is 11.3 Å². The highest BCUT2D eigenvalue weighted by Gasteiger charge is 2.21. The standard InChI is InChI=1S/C17H15FN4OS/c1-21-16(23)8-12-9-22(7-6-14(12)20-21)17-19-15(10-24-17)11-2-4-13(18)5-3-11/h2-5,8,10H,6-7,9H2,1H3. The summed E-state index contributed by atoms with van der Waals surface area (Å²) in [6.07, 6.45) is 0.787. The Morgan fingerprint density at radius 2 is 2.04 bits per heavy atom. The quantitative estimate of drug-likeness (QED) is 0.718. The van der Waals surface area contributed by atoms with Gasteiger partial charge in [-0.05, 0) is 24.3 Å². The summed E-state index contributed by atoms with van der Waals surface area (Å²) >= 11 is 1.55. The van der Waals surface area contributed by atoms with Crippen LogP contribution in [0.2, 0.25) is 0 Å². The monoisotopic (exact) mass is 342 g/mol. The number of fused-ring (bicyclic) bond motifs is 1. The molecule has 0 spiro atoms. The number of aromatic nitrogens is 3. The summed E-state index contributed by atoms with van der Waals surface area (Å²) in [4.78, 5) is 18.6. The molecular formula is C17H15FN4OS. The summed E-state index contributed by atoms with van der Waals surface area (Å²) in [5.74, 6) is -0.254. The molecule has 3 heterocycles. The number of aryl methyl sites for hydroxylation is 1. The van der Waals surface area contributed by atoms with E-state index in [2.05, 4.69) is 15.0 Å². The van der Waals surface area contributed by atoms with Crippen molar-refractivity contribution >= 4 is 16.5 Å². The zero-order valence-electron chi connectivity index (χ0n) is 13.1. The lowest BCUT2D eigenvalue weighted by molar-refractivity contribution is 0.624. The van der Waals surface area contributed by atoms with Gasteiger partial charge in [0.1, 0.15) is 5.82 Å². The van der Waals surface area contributed by atoms with Gasteiger partial charge in [-0.25, -0.2) is 14.1 Å². The first-order valence-corrected chi connectivity index (χ1v) is 8.50. The molecule has 122 valence electrons. The summed E-state index contributed by atoms with van der Waals surface area (Å²) < 4.78 is 14.4. The van der Waals surface area contributed by atoms with Crippen molar-refractivity contribution in [2.45, 2.75) is 13.0 Å². The topological polar surface area (TPSA) is 51.0 Å². The lowest BCUT2D eigenvalue weighted by Crippen LogP contribution is -2.34. The highest BCUT2D eigenvalue weighted by Crippen LogP contribution is 2.30. The first-order chi connectivity index (χ1) is 11.6. The number of hydrogen-bond acceptors (Lipinski definition) is 5. The fraction of sp³-hybridized carbons (Fsp3) is 0.235. The molecule has 1 aromatic carbocycles. The lowest BCUT2D eigenvalue weighted by Gasteiger charge is -2.27. The molecular weight excluding hydrogens is 327 g/mol. The minimum absolute atomic E-state index is 0.0956. The minimum Gasteiger partial charge on any atom is -0.343 e. The minimum atomic E-state index is -0.254. The third-order valence-corrected chi connectivity index (χ3v) is 5.04. The molecule has 0 atom stereocenters. The van der Waals surface area contributed by atoms with Gasteiger partial charge in [0.25, 0.3) is 5.56 Å². The second kappa shape index (κ2) is 5.83. The summed E-state index contributed by atoms with van der Waals surface area (Å²) in [6.45, 7) is 1.45. The number of thiazole rings is 1. The maximum absolute atomic E-state index is 13.0. The predicted octanol–water partition coefficient (Wildman–Crippen LogP) is 2.61. The molecule has 0 N–H and O–H groups in total. The van der Waals surface area contributed by atoms with Gasteiger partial charge in [0.2, 0.25) is 0 Å². The molecule has 5 nitrogen and oxygen atoms in total. The first-order valence-electron chi connectivity index (χ1n) is 7.63. The second-order valence-corrected chi connectivity index (χ2v) is 6.61. The van der Waals surface area contributed by atoms with E-state index in [4.69, 9.17) is 0 Å². The van der Waals surface area contributed by atoms with E-state index in [1.165, 1.54) is 16.8 Å². The summed E-state index contributed by atoms with van der Waals surface area (Å²) in [5, 5.41) is 7.20. The zero-order valence-corrected chi connectivity index (χ0v) is 13.9. The summed E-state index contributed by atoms with van der Waals surface area (Å²) in [7, 11) is 1.67. The second-order valence-electron chi connectivity index (χ2n) is 5.77. The highest BCUT2D eigenvalue weighted by atomic mass is 32.1. The van der Waals surface area contributed by atoms with Crippen LogP contribution in [0.3, 0.4) is 0 Å². The number of halogens is 1. The van der Waals surface area contributed by atoms with Crippen LogP contribution in [0.5, 0.6) is 0 Å². The number of anilines is 1. The van der Waals surface area contributed by atoms with Crippen molar-refractivity contribution in [2.75, 3.05) is 11.4 Å². The average Bonchev–Trinajstić information content (AvgIpc) is 3.06. The molecule has 0 unspecified atom stereocenters. The molecule has 24 heavy (non-hydrogen) atoms. The lowest BCUT2D eigenvalue weighted by atomic mass is 10.1. The smallest absolute Gasteiger partial charge is 0.266 e. The van der Waals surface area contributed by atoms with Gasteiger partial charge in [-0.15, -0.1) is 11.3 Å². The van der Waals surface area contributed by atoms with Crippen molar-refractivity contribution in [3.8, 4) is 11.3 Å².